The van der Waals surface area contributed by atoms with Crippen molar-refractivity contribution >= 4 is 35.1 Å². The molecule has 1 amide bonds. The third-order valence-corrected chi connectivity index (χ3v) is 9.04. The fourth-order valence-electron chi connectivity index (χ4n) is 4.27. The van der Waals surface area contributed by atoms with Crippen LogP contribution in [0.3, 0.4) is 0 Å². The van der Waals surface area contributed by atoms with Gasteiger partial charge in [-0.2, -0.15) is 0 Å². The van der Waals surface area contributed by atoms with Gasteiger partial charge in [0.25, 0.3) is 11.6 Å². The molecule has 0 aliphatic carbocycles. The van der Waals surface area contributed by atoms with E-state index in [9.17, 15) is 14.9 Å². The van der Waals surface area contributed by atoms with Gasteiger partial charge in [-0.3, -0.25) is 14.9 Å². The Hall–Kier alpha value is -1.21. The first-order valence-electron chi connectivity index (χ1n) is 10.9. The average Bonchev–Trinajstić information content (AvgIpc) is 2.98. The highest BCUT2D eigenvalue weighted by molar-refractivity contribution is 8.17. The molecule has 0 spiro atoms. The molecule has 29 heavy (non-hydrogen) atoms. The van der Waals surface area contributed by atoms with Gasteiger partial charge >= 0.3 is 0 Å². The first kappa shape index (κ1) is 22.5. The van der Waals surface area contributed by atoms with Gasteiger partial charge in [-0.05, 0) is 75.1 Å². The highest BCUT2D eigenvalue weighted by Crippen LogP contribution is 2.42. The van der Waals surface area contributed by atoms with Gasteiger partial charge in [0.15, 0.2) is 0 Å². The molecule has 1 saturated heterocycles. The minimum atomic E-state index is -0.438. The van der Waals surface area contributed by atoms with E-state index in [1.807, 2.05) is 35.3 Å². The van der Waals surface area contributed by atoms with E-state index in [1.54, 1.807) is 13.8 Å². The number of likely N-dealkylation sites (tertiary alicyclic amines) is 1. The van der Waals surface area contributed by atoms with Gasteiger partial charge in [-0.15, -0.1) is 23.5 Å². The van der Waals surface area contributed by atoms with E-state index in [-0.39, 0.29) is 40.7 Å². The highest BCUT2D eigenvalue weighted by atomic mass is 32.2. The normalized spacial score (nSPS) is 22.3. The van der Waals surface area contributed by atoms with Crippen LogP contribution in [0.25, 0.3) is 0 Å². The number of rotatable bonds is 7. The highest BCUT2D eigenvalue weighted by Gasteiger charge is 2.45. The Bertz CT molecular complexity index is 812. The number of carbonyl (C=O) groups is 1. The Morgan fingerprint density at radius 2 is 1.76 bits per heavy atom. The van der Waals surface area contributed by atoms with Gasteiger partial charge in [0.1, 0.15) is 5.56 Å². The number of hydrogen-bond acceptors (Lipinski definition) is 5. The molecular weight excluding hydrogens is 404 g/mol. The van der Waals surface area contributed by atoms with Crippen LogP contribution in [0.1, 0.15) is 68.1 Å². The second kappa shape index (κ2) is 9.73. The summed E-state index contributed by atoms with van der Waals surface area (Å²) in [7, 11) is 0. The van der Waals surface area contributed by atoms with Crippen LogP contribution in [0.4, 0.5) is 5.69 Å². The molecule has 0 N–H and O–H groups in total. The second-order valence-electron chi connectivity index (χ2n) is 7.85. The predicted molar refractivity (Wildman–Crippen MR) is 125 cm³/mol. The molecule has 2 rings (SSSR count). The molecule has 1 aliphatic heterocycles. The maximum Gasteiger partial charge on any atom is 0.285 e. The third kappa shape index (κ3) is 4.46. The van der Waals surface area contributed by atoms with Crippen molar-refractivity contribution in [3.8, 4) is 0 Å². The number of nitro groups is 1. The van der Waals surface area contributed by atoms with Gasteiger partial charge in [0.05, 0.1) is 15.5 Å². The van der Waals surface area contributed by atoms with Crippen molar-refractivity contribution in [1.29, 1.82) is 0 Å². The molecule has 1 aromatic carbocycles. The lowest BCUT2D eigenvalue weighted by Gasteiger charge is -2.34. The van der Waals surface area contributed by atoms with E-state index in [4.69, 9.17) is 1.37 Å². The summed E-state index contributed by atoms with van der Waals surface area (Å²) in [6.07, 6.45) is 0.910. The molecule has 1 aliphatic rings. The SMILES string of the molecule is [2H]Cc1c(C)c(C)c(C(=O)N2C(C)C(C)C[C@H]2C(SCC)SCC)c([N+](=O)[O-])c1C. The van der Waals surface area contributed by atoms with Crippen molar-refractivity contribution < 1.29 is 11.1 Å². The molecule has 0 bridgehead atoms. The number of amides is 1. The van der Waals surface area contributed by atoms with E-state index >= 15 is 0 Å². The molecule has 0 saturated carbocycles. The number of nitrogens with zero attached hydrogens (tertiary/aromatic N) is 2. The first-order valence-corrected chi connectivity index (χ1v) is 12.3. The summed E-state index contributed by atoms with van der Waals surface area (Å²) in [6, 6.07) is 0.0725. The Morgan fingerprint density at radius 3 is 2.24 bits per heavy atom. The number of hydrogen-bond donors (Lipinski definition) is 0. The van der Waals surface area contributed by atoms with Gasteiger partial charge in [0, 0.05) is 13.0 Å². The molecule has 0 radical (unpaired) electrons. The Balaban J connectivity index is 2.65. The van der Waals surface area contributed by atoms with Crippen molar-refractivity contribution in [3.05, 3.63) is 37.9 Å². The lowest BCUT2D eigenvalue weighted by atomic mass is 9.91. The zero-order valence-electron chi connectivity index (χ0n) is 19.6. The van der Waals surface area contributed by atoms with Crippen LogP contribution in [0.5, 0.6) is 0 Å². The molecule has 2 unspecified atom stereocenters. The van der Waals surface area contributed by atoms with Crippen LogP contribution in [-0.4, -0.2) is 43.9 Å². The standard InChI is InChI=1S/C22H34N2O3S2/c1-9-28-22(29-10-2)18-11-12(3)17(8)23(18)21(25)19-15(6)13(4)14(5)16(7)20(19)24(26)27/h12,17-18,22H,9-11H2,1-8H3/t12?,17?,18-/m0/s1/i5D. The minimum Gasteiger partial charge on any atom is -0.330 e. The largest absolute Gasteiger partial charge is 0.330 e. The van der Waals surface area contributed by atoms with Crippen LogP contribution in [0.15, 0.2) is 0 Å². The third-order valence-electron chi connectivity index (χ3n) is 6.27. The molecule has 7 heteroatoms. The fraction of sp³-hybridized carbons (Fsp3) is 0.682. The van der Waals surface area contributed by atoms with Crippen LogP contribution in [0.2, 0.25) is 0 Å². The van der Waals surface area contributed by atoms with Gasteiger partial charge in [-0.25, -0.2) is 0 Å². The van der Waals surface area contributed by atoms with E-state index in [0.717, 1.165) is 23.5 Å². The average molecular weight is 440 g/mol. The molecular formula is C22H34N2O3S2. The van der Waals surface area contributed by atoms with Crippen molar-refractivity contribution in [2.45, 2.75) is 78.5 Å². The van der Waals surface area contributed by atoms with Crippen LogP contribution in [-0.2, 0) is 0 Å². The molecule has 1 fully saturated rings. The monoisotopic (exact) mass is 439 g/mol. The number of carbonyl (C=O) groups excluding carboxylic acids is 1. The van der Waals surface area contributed by atoms with Crippen molar-refractivity contribution in [3.63, 3.8) is 0 Å². The molecule has 1 heterocycles. The van der Waals surface area contributed by atoms with E-state index < -0.39 is 4.92 Å². The predicted octanol–water partition coefficient (Wildman–Crippen LogP) is 5.90. The Labute approximate surface area is 184 Å². The number of nitro benzene ring substituents is 1. The molecule has 5 nitrogen and oxygen atoms in total. The maximum absolute atomic E-state index is 13.9. The zero-order valence-corrected chi connectivity index (χ0v) is 20.2. The molecule has 0 aromatic heterocycles. The lowest BCUT2D eigenvalue weighted by Crippen LogP contribution is -2.45. The summed E-state index contributed by atoms with van der Waals surface area (Å²) < 4.78 is 8.08. The summed E-state index contributed by atoms with van der Waals surface area (Å²) in [6.45, 7) is 13.8. The maximum atomic E-state index is 13.9. The zero-order chi connectivity index (χ0) is 22.7. The Morgan fingerprint density at radius 1 is 1.17 bits per heavy atom. The van der Waals surface area contributed by atoms with Crippen molar-refractivity contribution in [2.24, 2.45) is 5.92 Å². The van der Waals surface area contributed by atoms with Crippen molar-refractivity contribution in [2.75, 3.05) is 11.5 Å². The Kier molecular flexibility index (Phi) is 7.54. The summed E-state index contributed by atoms with van der Waals surface area (Å²) in [5.41, 5.74) is 2.62. The summed E-state index contributed by atoms with van der Waals surface area (Å²) >= 11 is 3.71. The van der Waals surface area contributed by atoms with Crippen LogP contribution in [0, 0.1) is 43.7 Å². The van der Waals surface area contributed by atoms with Gasteiger partial charge in [-0.1, -0.05) is 20.8 Å². The molecule has 162 valence electrons. The van der Waals surface area contributed by atoms with E-state index in [1.165, 1.54) is 0 Å². The minimum absolute atomic E-state index is 0.0235. The molecule has 3 atom stereocenters. The fourth-order valence-corrected chi connectivity index (χ4v) is 7.05. The first-order chi connectivity index (χ1) is 14.1. The molecule has 1 aromatic rings. The number of benzene rings is 1. The smallest absolute Gasteiger partial charge is 0.285 e. The topological polar surface area (TPSA) is 63.5 Å². The summed E-state index contributed by atoms with van der Waals surface area (Å²) in [4.78, 5) is 27.4. The van der Waals surface area contributed by atoms with Gasteiger partial charge in [0.2, 0.25) is 0 Å². The van der Waals surface area contributed by atoms with Crippen LogP contribution >= 0.6 is 23.5 Å². The van der Waals surface area contributed by atoms with E-state index in [2.05, 4.69) is 27.7 Å². The summed E-state index contributed by atoms with van der Waals surface area (Å²) in [5, 5.41) is 12.0. The van der Waals surface area contributed by atoms with Crippen molar-refractivity contribution in [1.82, 2.24) is 4.90 Å². The number of thioether (sulfide) groups is 2. The van der Waals surface area contributed by atoms with Gasteiger partial charge < -0.3 is 4.90 Å². The van der Waals surface area contributed by atoms with E-state index in [0.29, 0.717) is 22.6 Å². The van der Waals surface area contributed by atoms with Crippen LogP contribution < -0.4 is 0 Å². The quantitative estimate of drug-likeness (QED) is 0.301. The summed E-state index contributed by atoms with van der Waals surface area (Å²) in [5.74, 6) is 2.04. The lowest BCUT2D eigenvalue weighted by molar-refractivity contribution is -0.385. The second-order valence-corrected chi connectivity index (χ2v) is 11.0.